The molecule has 0 bridgehead atoms. The molecule has 0 saturated carbocycles. The van der Waals surface area contributed by atoms with Gasteiger partial charge in [0.1, 0.15) is 11.9 Å². The molecule has 0 aliphatic carbocycles. The minimum Gasteiger partial charge on any atom is -0.437 e. The Labute approximate surface area is 212 Å². The molecule has 1 atom stereocenters. The van der Waals surface area contributed by atoms with Crippen LogP contribution < -0.4 is 21.7 Å². The van der Waals surface area contributed by atoms with Gasteiger partial charge in [0, 0.05) is 24.1 Å². The third-order valence-corrected chi connectivity index (χ3v) is 5.82. The van der Waals surface area contributed by atoms with Gasteiger partial charge in [-0.05, 0) is 42.0 Å². The van der Waals surface area contributed by atoms with E-state index in [1.807, 2.05) is 0 Å². The molecule has 4 rings (SSSR count). The summed E-state index contributed by atoms with van der Waals surface area (Å²) in [4.78, 5) is 43.9. The number of hydrogen-bond acceptors (Lipinski definition) is 10. The number of nitrogens with zero attached hydrogens (tertiary/aromatic N) is 6. The standard InChI is InChI=1S/C22H20ClN7O5S/c23-16-3-1-14(2-4-16)11-29-20(27-21(32)30(22(29)33)12-15(13-31)9-24-34)26-17-5-7-18(8-6-17)35-19-10-25-36-28-19/h1-8,10,15,31H,9,11-13H2,(H,26,27,32). The first-order chi connectivity index (χ1) is 17.5. The van der Waals surface area contributed by atoms with Gasteiger partial charge < -0.3 is 9.84 Å². The van der Waals surface area contributed by atoms with Crippen LogP contribution in [-0.4, -0.2) is 41.1 Å². The summed E-state index contributed by atoms with van der Waals surface area (Å²) >= 11 is 7.00. The first-order valence-electron chi connectivity index (χ1n) is 10.7. The summed E-state index contributed by atoms with van der Waals surface area (Å²) in [5, 5.41) is 12.8. The topological polar surface area (TPSA) is 157 Å². The number of aromatic nitrogens is 5. The molecule has 0 aliphatic heterocycles. The van der Waals surface area contributed by atoms with Gasteiger partial charge in [-0.25, -0.2) is 19.1 Å². The Morgan fingerprint density at radius 2 is 1.86 bits per heavy atom. The van der Waals surface area contributed by atoms with Crippen LogP contribution in [0.15, 0.2) is 74.5 Å². The smallest absolute Gasteiger partial charge is 0.335 e. The van der Waals surface area contributed by atoms with E-state index < -0.39 is 23.9 Å². The van der Waals surface area contributed by atoms with Gasteiger partial charge >= 0.3 is 11.4 Å². The van der Waals surface area contributed by atoms with Crippen molar-refractivity contribution in [2.24, 2.45) is 16.1 Å². The zero-order chi connectivity index (χ0) is 25.5. The van der Waals surface area contributed by atoms with Crippen LogP contribution in [-0.2, 0) is 13.1 Å². The van der Waals surface area contributed by atoms with Gasteiger partial charge in [-0.15, -0.1) is 4.37 Å². The number of aliphatic hydroxyl groups is 1. The third kappa shape index (κ3) is 6.19. The van der Waals surface area contributed by atoms with E-state index in [1.165, 1.54) is 10.8 Å². The minimum absolute atomic E-state index is 0.0163. The number of halogens is 1. The monoisotopic (exact) mass is 529 g/mol. The highest BCUT2D eigenvalue weighted by molar-refractivity contribution is 6.99. The molecule has 0 radical (unpaired) electrons. The Kier molecular flexibility index (Phi) is 8.15. The molecular formula is C22H20ClN7O5S. The second kappa shape index (κ2) is 11.7. The number of aromatic amines is 1. The molecular weight excluding hydrogens is 510 g/mol. The average Bonchev–Trinajstić information content (AvgIpc) is 3.39. The number of aliphatic hydroxyl groups excluding tert-OH is 1. The van der Waals surface area contributed by atoms with Crippen LogP contribution in [0.25, 0.3) is 0 Å². The Morgan fingerprint density at radius 1 is 1.11 bits per heavy atom. The maximum absolute atomic E-state index is 13.4. The average molecular weight is 530 g/mol. The molecule has 4 aromatic rings. The number of hydrogen-bond donors (Lipinski definition) is 2. The van der Waals surface area contributed by atoms with Crippen LogP contribution in [0.5, 0.6) is 11.6 Å². The van der Waals surface area contributed by atoms with Crippen LogP contribution in [0.4, 0.5) is 5.69 Å². The van der Waals surface area contributed by atoms with E-state index in [0.717, 1.165) is 21.9 Å². The van der Waals surface area contributed by atoms with Gasteiger partial charge in [-0.1, -0.05) is 28.9 Å². The van der Waals surface area contributed by atoms with E-state index in [2.05, 4.69) is 23.9 Å². The maximum Gasteiger partial charge on any atom is 0.335 e. The van der Waals surface area contributed by atoms with E-state index in [4.69, 9.17) is 16.3 Å². The number of H-pyrrole nitrogens is 1. The van der Waals surface area contributed by atoms with Crippen LogP contribution in [0.1, 0.15) is 5.56 Å². The number of ether oxygens (including phenoxy) is 1. The van der Waals surface area contributed by atoms with Crippen molar-refractivity contribution < 1.29 is 9.84 Å². The van der Waals surface area contributed by atoms with E-state index in [-0.39, 0.29) is 25.3 Å². The van der Waals surface area contributed by atoms with Crippen molar-refractivity contribution >= 4 is 29.0 Å². The molecule has 2 aromatic carbocycles. The fourth-order valence-corrected chi connectivity index (χ4v) is 3.76. The number of nitrogens with one attached hydrogen (secondary N) is 1. The summed E-state index contributed by atoms with van der Waals surface area (Å²) < 4.78 is 15.6. The third-order valence-electron chi connectivity index (χ3n) is 5.10. The van der Waals surface area contributed by atoms with E-state index in [9.17, 15) is 19.6 Å². The molecule has 0 aliphatic rings. The molecule has 0 fully saturated rings. The summed E-state index contributed by atoms with van der Waals surface area (Å²) in [6.45, 7) is -0.752. The fraction of sp³-hybridized carbons (Fsp3) is 0.227. The molecule has 0 amide bonds. The molecule has 36 heavy (non-hydrogen) atoms. The maximum atomic E-state index is 13.4. The molecule has 12 nitrogen and oxygen atoms in total. The fourth-order valence-electron chi connectivity index (χ4n) is 3.29. The normalized spacial score (nSPS) is 12.4. The lowest BCUT2D eigenvalue weighted by Crippen LogP contribution is -2.51. The lowest BCUT2D eigenvalue weighted by Gasteiger charge is -2.14. The number of rotatable bonds is 10. The van der Waals surface area contributed by atoms with E-state index >= 15 is 0 Å². The quantitative estimate of drug-likeness (QED) is 0.298. The Balaban J connectivity index is 1.75. The first-order valence-corrected chi connectivity index (χ1v) is 11.8. The summed E-state index contributed by atoms with van der Waals surface area (Å²) in [6, 6.07) is 13.5. The van der Waals surface area contributed by atoms with Gasteiger partial charge in [0.2, 0.25) is 5.62 Å². The molecule has 2 heterocycles. The molecule has 14 heteroatoms. The van der Waals surface area contributed by atoms with Crippen LogP contribution in [0, 0.1) is 10.8 Å². The van der Waals surface area contributed by atoms with Crippen molar-refractivity contribution in [2.45, 2.75) is 13.1 Å². The molecule has 2 aromatic heterocycles. The Morgan fingerprint density at radius 3 is 2.50 bits per heavy atom. The van der Waals surface area contributed by atoms with Gasteiger partial charge in [-0.3, -0.25) is 9.55 Å². The van der Waals surface area contributed by atoms with Crippen molar-refractivity contribution in [3.05, 3.63) is 96.8 Å². The highest BCUT2D eigenvalue weighted by atomic mass is 35.5. The van der Waals surface area contributed by atoms with Gasteiger partial charge in [0.15, 0.2) is 0 Å². The summed E-state index contributed by atoms with van der Waals surface area (Å²) in [7, 11) is 0. The van der Waals surface area contributed by atoms with Crippen molar-refractivity contribution in [3.63, 3.8) is 0 Å². The SMILES string of the molecule is O=NCC(CO)Cn1c(=O)[nH]/c(=N\c2ccc(Oc3cnsn3)cc2)n(Cc2ccc(Cl)cc2)c1=O. The number of benzene rings is 2. The number of nitroso groups, excluding NO2 is 1. The predicted octanol–water partition coefficient (Wildman–Crippen LogP) is 2.29. The second-order valence-electron chi connectivity index (χ2n) is 7.67. The summed E-state index contributed by atoms with van der Waals surface area (Å²) in [5.74, 6) is 0.191. The molecule has 186 valence electrons. The summed E-state index contributed by atoms with van der Waals surface area (Å²) in [5.41, 5.74) is -0.179. The Hall–Kier alpha value is -3.94. The summed E-state index contributed by atoms with van der Waals surface area (Å²) in [6.07, 6.45) is 1.49. The van der Waals surface area contributed by atoms with Crippen LogP contribution in [0.2, 0.25) is 5.02 Å². The molecule has 0 spiro atoms. The zero-order valence-electron chi connectivity index (χ0n) is 18.7. The first kappa shape index (κ1) is 25.2. The van der Waals surface area contributed by atoms with Crippen molar-refractivity contribution in [1.29, 1.82) is 0 Å². The lowest BCUT2D eigenvalue weighted by molar-refractivity contribution is 0.211. The van der Waals surface area contributed by atoms with E-state index in [1.54, 1.807) is 48.5 Å². The molecule has 0 saturated heterocycles. The predicted molar refractivity (Wildman–Crippen MR) is 133 cm³/mol. The minimum atomic E-state index is -0.730. The largest absolute Gasteiger partial charge is 0.437 e. The molecule has 2 N–H and O–H groups in total. The van der Waals surface area contributed by atoms with E-state index in [0.29, 0.717) is 22.3 Å². The Bertz CT molecular complexity index is 1500. The second-order valence-corrected chi connectivity index (χ2v) is 8.67. The molecule has 1 unspecified atom stereocenters. The van der Waals surface area contributed by atoms with Gasteiger partial charge in [0.05, 0.1) is 30.5 Å². The van der Waals surface area contributed by atoms with Crippen molar-refractivity contribution in [2.75, 3.05) is 13.2 Å². The lowest BCUT2D eigenvalue weighted by atomic mass is 10.1. The van der Waals surface area contributed by atoms with Crippen molar-refractivity contribution in [3.8, 4) is 11.6 Å². The van der Waals surface area contributed by atoms with Crippen LogP contribution in [0.3, 0.4) is 0 Å². The zero-order valence-corrected chi connectivity index (χ0v) is 20.2. The van der Waals surface area contributed by atoms with Crippen LogP contribution >= 0.6 is 23.3 Å². The highest BCUT2D eigenvalue weighted by Gasteiger charge is 2.15. The highest BCUT2D eigenvalue weighted by Crippen LogP contribution is 2.22. The van der Waals surface area contributed by atoms with Gasteiger partial charge in [0.25, 0.3) is 5.88 Å². The van der Waals surface area contributed by atoms with Gasteiger partial charge in [-0.2, -0.15) is 9.28 Å². The van der Waals surface area contributed by atoms with Crippen molar-refractivity contribution in [1.82, 2.24) is 22.9 Å².